The first-order valence-corrected chi connectivity index (χ1v) is 5.82. The van der Waals surface area contributed by atoms with Gasteiger partial charge in [0.15, 0.2) is 0 Å². The number of nitrogen functional groups attached to an aromatic ring is 1. The van der Waals surface area contributed by atoms with Crippen molar-refractivity contribution in [2.24, 2.45) is 0 Å². The van der Waals surface area contributed by atoms with Gasteiger partial charge in [0.25, 0.3) is 0 Å². The summed E-state index contributed by atoms with van der Waals surface area (Å²) in [5, 5.41) is 3.25. The van der Waals surface area contributed by atoms with Crippen LogP contribution in [-0.4, -0.2) is 4.98 Å². The second-order valence-electron chi connectivity index (χ2n) is 3.97. The summed E-state index contributed by atoms with van der Waals surface area (Å²) in [6, 6.07) is 14.2. The molecule has 0 aliphatic carbocycles. The molecule has 0 fully saturated rings. The summed E-state index contributed by atoms with van der Waals surface area (Å²) in [6.07, 6.45) is 1.07. The molecule has 1 heterocycles. The Balaban J connectivity index is 1.97. The Labute approximate surface area is 102 Å². The normalized spacial score (nSPS) is 10.2. The van der Waals surface area contributed by atoms with Crippen LogP contribution in [0.2, 0.25) is 0 Å². The summed E-state index contributed by atoms with van der Waals surface area (Å²) in [5.41, 5.74) is 8.21. The second-order valence-corrected chi connectivity index (χ2v) is 3.97. The highest BCUT2D eigenvalue weighted by Gasteiger charge is 1.96. The fraction of sp³-hybridized carbons (Fsp3) is 0.214. The van der Waals surface area contributed by atoms with Crippen molar-refractivity contribution in [3.8, 4) is 0 Å². The van der Waals surface area contributed by atoms with Gasteiger partial charge < -0.3 is 11.1 Å². The van der Waals surface area contributed by atoms with Gasteiger partial charge in [0.2, 0.25) is 0 Å². The van der Waals surface area contributed by atoms with E-state index in [0.717, 1.165) is 18.8 Å². The van der Waals surface area contributed by atoms with E-state index in [1.165, 1.54) is 11.1 Å². The molecule has 0 unspecified atom stereocenters. The van der Waals surface area contributed by atoms with Gasteiger partial charge in [-0.2, -0.15) is 0 Å². The highest BCUT2D eigenvalue weighted by atomic mass is 15.0. The minimum absolute atomic E-state index is 0.538. The van der Waals surface area contributed by atoms with Crippen LogP contribution in [0.3, 0.4) is 0 Å². The molecule has 3 heteroatoms. The van der Waals surface area contributed by atoms with Crippen molar-refractivity contribution in [2.75, 3.05) is 11.1 Å². The molecule has 0 saturated heterocycles. The molecule has 88 valence electrons. The Bertz CT molecular complexity index is 477. The Hall–Kier alpha value is -2.03. The van der Waals surface area contributed by atoms with E-state index < -0.39 is 0 Å². The van der Waals surface area contributed by atoms with Gasteiger partial charge in [0.05, 0.1) is 0 Å². The monoisotopic (exact) mass is 227 g/mol. The van der Waals surface area contributed by atoms with Gasteiger partial charge in [-0.05, 0) is 29.7 Å². The van der Waals surface area contributed by atoms with Crippen molar-refractivity contribution >= 4 is 11.6 Å². The zero-order valence-corrected chi connectivity index (χ0v) is 9.98. The maximum absolute atomic E-state index is 5.61. The molecule has 1 aromatic carbocycles. The Kier molecular flexibility index (Phi) is 3.60. The lowest BCUT2D eigenvalue weighted by molar-refractivity contribution is 1.09. The van der Waals surface area contributed by atoms with Gasteiger partial charge in [0, 0.05) is 6.54 Å². The molecule has 0 radical (unpaired) electrons. The van der Waals surface area contributed by atoms with Crippen LogP contribution in [0.5, 0.6) is 0 Å². The highest BCUT2D eigenvalue weighted by molar-refractivity contribution is 5.42. The molecular weight excluding hydrogens is 210 g/mol. The smallest absolute Gasteiger partial charge is 0.128 e. The van der Waals surface area contributed by atoms with E-state index in [9.17, 15) is 0 Å². The summed E-state index contributed by atoms with van der Waals surface area (Å²) >= 11 is 0. The minimum atomic E-state index is 0.538. The van der Waals surface area contributed by atoms with Crippen molar-refractivity contribution in [1.29, 1.82) is 0 Å². The third-order valence-corrected chi connectivity index (χ3v) is 2.68. The van der Waals surface area contributed by atoms with Gasteiger partial charge in [0.1, 0.15) is 11.6 Å². The highest BCUT2D eigenvalue weighted by Crippen LogP contribution is 2.09. The average Bonchev–Trinajstić information content (AvgIpc) is 2.37. The molecule has 3 N–H and O–H groups in total. The van der Waals surface area contributed by atoms with Crippen molar-refractivity contribution in [2.45, 2.75) is 19.9 Å². The van der Waals surface area contributed by atoms with Crippen molar-refractivity contribution < 1.29 is 0 Å². The third-order valence-electron chi connectivity index (χ3n) is 2.68. The standard InChI is InChI=1S/C14H17N3/c1-2-11-6-8-12(9-7-11)10-16-14-5-3-4-13(15)17-14/h3-9H,2,10H2,1H3,(H3,15,16,17). The molecule has 2 rings (SSSR count). The topological polar surface area (TPSA) is 50.9 Å². The molecule has 0 saturated carbocycles. The van der Waals surface area contributed by atoms with Gasteiger partial charge in [-0.25, -0.2) is 4.98 Å². The number of nitrogens with two attached hydrogens (primary N) is 1. The fourth-order valence-corrected chi connectivity index (χ4v) is 1.64. The Morgan fingerprint density at radius 1 is 1.06 bits per heavy atom. The molecule has 17 heavy (non-hydrogen) atoms. The molecule has 0 bridgehead atoms. The molecule has 0 atom stereocenters. The van der Waals surface area contributed by atoms with E-state index in [1.54, 1.807) is 6.07 Å². The molecule has 0 aliphatic rings. The van der Waals surface area contributed by atoms with Crippen molar-refractivity contribution in [1.82, 2.24) is 4.98 Å². The molecule has 0 spiro atoms. The number of hydrogen-bond acceptors (Lipinski definition) is 3. The SMILES string of the molecule is CCc1ccc(CNc2cccc(N)n2)cc1. The molecule has 2 aromatic rings. The first-order valence-electron chi connectivity index (χ1n) is 5.82. The summed E-state index contributed by atoms with van der Waals surface area (Å²) in [7, 11) is 0. The maximum atomic E-state index is 5.61. The Morgan fingerprint density at radius 3 is 2.41 bits per heavy atom. The lowest BCUT2D eigenvalue weighted by Crippen LogP contribution is -2.02. The predicted molar refractivity (Wildman–Crippen MR) is 71.8 cm³/mol. The van der Waals surface area contributed by atoms with Gasteiger partial charge >= 0.3 is 0 Å². The van der Waals surface area contributed by atoms with Crippen LogP contribution in [0.25, 0.3) is 0 Å². The van der Waals surface area contributed by atoms with Gasteiger partial charge in [-0.15, -0.1) is 0 Å². The number of nitrogens with one attached hydrogen (secondary N) is 1. The van der Waals surface area contributed by atoms with Crippen LogP contribution in [0.4, 0.5) is 11.6 Å². The summed E-state index contributed by atoms with van der Waals surface area (Å²) in [5.74, 6) is 1.35. The molecule has 1 aromatic heterocycles. The van der Waals surface area contributed by atoms with E-state index in [2.05, 4.69) is 41.5 Å². The van der Waals surface area contributed by atoms with E-state index >= 15 is 0 Å². The van der Waals surface area contributed by atoms with E-state index in [1.807, 2.05) is 12.1 Å². The lowest BCUT2D eigenvalue weighted by atomic mass is 10.1. The number of anilines is 2. The van der Waals surface area contributed by atoms with E-state index in [-0.39, 0.29) is 0 Å². The summed E-state index contributed by atoms with van der Waals surface area (Å²) < 4.78 is 0. The first-order chi connectivity index (χ1) is 8.28. The zero-order chi connectivity index (χ0) is 12.1. The number of hydrogen-bond donors (Lipinski definition) is 2. The first kappa shape index (κ1) is 11.5. The third kappa shape index (κ3) is 3.21. The number of nitrogens with zero attached hydrogens (tertiary/aromatic N) is 1. The summed E-state index contributed by atoms with van der Waals surface area (Å²) in [4.78, 5) is 4.19. The maximum Gasteiger partial charge on any atom is 0.128 e. The van der Waals surface area contributed by atoms with Gasteiger partial charge in [-0.1, -0.05) is 37.3 Å². The fourth-order valence-electron chi connectivity index (χ4n) is 1.64. The van der Waals surface area contributed by atoms with Crippen LogP contribution in [0, 0.1) is 0 Å². The quantitative estimate of drug-likeness (QED) is 0.844. The van der Waals surface area contributed by atoms with Crippen LogP contribution in [0.1, 0.15) is 18.1 Å². The number of pyridine rings is 1. The van der Waals surface area contributed by atoms with Crippen LogP contribution < -0.4 is 11.1 Å². The zero-order valence-electron chi connectivity index (χ0n) is 9.98. The largest absolute Gasteiger partial charge is 0.384 e. The predicted octanol–water partition coefficient (Wildman–Crippen LogP) is 2.84. The Morgan fingerprint density at radius 2 is 1.76 bits per heavy atom. The van der Waals surface area contributed by atoms with Crippen molar-refractivity contribution in [3.63, 3.8) is 0 Å². The molecular formula is C14H17N3. The number of aryl methyl sites for hydroxylation is 1. The summed E-state index contributed by atoms with van der Waals surface area (Å²) in [6.45, 7) is 2.92. The van der Waals surface area contributed by atoms with E-state index in [0.29, 0.717) is 5.82 Å². The van der Waals surface area contributed by atoms with E-state index in [4.69, 9.17) is 5.73 Å². The average molecular weight is 227 g/mol. The minimum Gasteiger partial charge on any atom is -0.384 e. The number of aromatic nitrogens is 1. The van der Waals surface area contributed by atoms with Crippen LogP contribution in [-0.2, 0) is 13.0 Å². The van der Waals surface area contributed by atoms with Crippen LogP contribution in [0.15, 0.2) is 42.5 Å². The molecule has 0 aliphatic heterocycles. The lowest BCUT2D eigenvalue weighted by Gasteiger charge is -2.06. The number of rotatable bonds is 4. The van der Waals surface area contributed by atoms with Crippen molar-refractivity contribution in [3.05, 3.63) is 53.6 Å². The second kappa shape index (κ2) is 5.34. The molecule has 0 amide bonds. The number of benzene rings is 1. The van der Waals surface area contributed by atoms with Gasteiger partial charge in [-0.3, -0.25) is 0 Å². The molecule has 3 nitrogen and oxygen atoms in total. The van der Waals surface area contributed by atoms with Crippen LogP contribution >= 0.6 is 0 Å².